The molecule has 1 aromatic rings. The monoisotopic (exact) mass is 263 g/mol. The van der Waals surface area contributed by atoms with Gasteiger partial charge in [-0.3, -0.25) is 9.78 Å². The molecule has 1 fully saturated rings. The molecule has 19 heavy (non-hydrogen) atoms. The van der Waals surface area contributed by atoms with Crippen molar-refractivity contribution >= 4 is 5.91 Å². The minimum absolute atomic E-state index is 0.0257. The van der Waals surface area contributed by atoms with Gasteiger partial charge in [-0.15, -0.1) is 0 Å². The Labute approximate surface area is 113 Å². The highest BCUT2D eigenvalue weighted by Gasteiger charge is 2.13. The summed E-state index contributed by atoms with van der Waals surface area (Å²) in [7, 11) is 0. The first-order valence-electron chi connectivity index (χ1n) is 6.82. The second-order valence-electron chi connectivity index (χ2n) is 4.71. The molecule has 0 spiro atoms. The van der Waals surface area contributed by atoms with Crippen LogP contribution in [0.25, 0.3) is 0 Å². The predicted octanol–water partition coefficient (Wildman–Crippen LogP) is 0.856. The van der Waals surface area contributed by atoms with Gasteiger partial charge in [-0.1, -0.05) is 6.07 Å². The first-order valence-corrected chi connectivity index (χ1v) is 6.82. The van der Waals surface area contributed by atoms with Crippen LogP contribution >= 0.6 is 0 Å². The van der Waals surface area contributed by atoms with E-state index < -0.39 is 0 Å². The number of piperidine rings is 1. The Morgan fingerprint density at radius 3 is 3.05 bits per heavy atom. The van der Waals surface area contributed by atoms with Crippen LogP contribution in [0.5, 0.6) is 0 Å². The van der Waals surface area contributed by atoms with Crippen molar-refractivity contribution in [3.8, 4) is 0 Å². The fraction of sp³-hybridized carbons (Fsp3) is 0.571. The van der Waals surface area contributed by atoms with Gasteiger partial charge in [0, 0.05) is 25.4 Å². The van der Waals surface area contributed by atoms with Crippen molar-refractivity contribution in [3.05, 3.63) is 30.1 Å². The number of nitrogens with zero attached hydrogens (tertiary/aromatic N) is 1. The molecule has 0 atom stereocenters. The van der Waals surface area contributed by atoms with E-state index in [0.717, 1.165) is 31.5 Å². The quantitative estimate of drug-likeness (QED) is 0.799. The molecule has 1 amide bonds. The number of hydrogen-bond donors (Lipinski definition) is 2. The van der Waals surface area contributed by atoms with E-state index in [2.05, 4.69) is 15.6 Å². The van der Waals surface area contributed by atoms with E-state index in [1.54, 1.807) is 12.4 Å². The third kappa shape index (κ3) is 5.36. The maximum absolute atomic E-state index is 11.6. The number of pyridine rings is 1. The lowest BCUT2D eigenvalue weighted by Crippen LogP contribution is -2.33. The summed E-state index contributed by atoms with van der Waals surface area (Å²) in [6.45, 7) is 3.05. The molecule has 0 radical (unpaired) electrons. The van der Waals surface area contributed by atoms with Crippen LogP contribution in [0.3, 0.4) is 0 Å². The first kappa shape index (κ1) is 14.0. The number of nitrogens with one attached hydrogen (secondary N) is 2. The van der Waals surface area contributed by atoms with E-state index in [-0.39, 0.29) is 5.91 Å². The summed E-state index contributed by atoms with van der Waals surface area (Å²) >= 11 is 0. The second kappa shape index (κ2) is 7.86. The molecule has 0 saturated carbocycles. The van der Waals surface area contributed by atoms with Gasteiger partial charge in [0.15, 0.2) is 0 Å². The minimum Gasteiger partial charge on any atom is -0.378 e. The van der Waals surface area contributed by atoms with Gasteiger partial charge in [-0.2, -0.15) is 0 Å². The molecule has 2 N–H and O–H groups in total. The Morgan fingerprint density at radius 2 is 2.32 bits per heavy atom. The molecule has 104 valence electrons. The number of ether oxygens (including phenoxy) is 1. The van der Waals surface area contributed by atoms with Gasteiger partial charge >= 0.3 is 0 Å². The zero-order chi connectivity index (χ0) is 13.3. The summed E-state index contributed by atoms with van der Waals surface area (Å²) in [4.78, 5) is 15.6. The average molecular weight is 263 g/mol. The summed E-state index contributed by atoms with van der Waals surface area (Å²) < 4.78 is 5.69. The summed E-state index contributed by atoms with van der Waals surface area (Å²) in [6.07, 6.45) is 6.29. The number of rotatable bonds is 6. The lowest BCUT2D eigenvalue weighted by atomic mass is 10.1. The van der Waals surface area contributed by atoms with E-state index in [1.165, 1.54) is 0 Å². The number of hydrogen-bond acceptors (Lipinski definition) is 4. The van der Waals surface area contributed by atoms with Crippen molar-refractivity contribution in [1.82, 2.24) is 15.6 Å². The smallest absolute Gasteiger partial charge is 0.222 e. The lowest BCUT2D eigenvalue weighted by Gasteiger charge is -2.22. The van der Waals surface area contributed by atoms with Crippen LogP contribution in [-0.4, -0.2) is 36.7 Å². The zero-order valence-corrected chi connectivity index (χ0v) is 11.1. The van der Waals surface area contributed by atoms with Crippen molar-refractivity contribution < 1.29 is 9.53 Å². The molecule has 5 heteroatoms. The normalized spacial score (nSPS) is 16.2. The van der Waals surface area contributed by atoms with Crippen LogP contribution in [0.2, 0.25) is 0 Å². The molecule has 1 aliphatic rings. The Hall–Kier alpha value is -1.46. The van der Waals surface area contributed by atoms with Crippen molar-refractivity contribution in [2.45, 2.75) is 31.9 Å². The van der Waals surface area contributed by atoms with Crippen LogP contribution in [0.4, 0.5) is 0 Å². The Bertz CT molecular complexity index is 378. The van der Waals surface area contributed by atoms with Gasteiger partial charge in [0.1, 0.15) is 0 Å². The summed E-state index contributed by atoms with van der Waals surface area (Å²) in [5.41, 5.74) is 1.01. The van der Waals surface area contributed by atoms with Crippen LogP contribution in [0, 0.1) is 0 Å². The Balaban J connectivity index is 1.57. The van der Waals surface area contributed by atoms with Gasteiger partial charge in [-0.25, -0.2) is 0 Å². The highest BCUT2D eigenvalue weighted by atomic mass is 16.5. The molecule has 1 aromatic heterocycles. The second-order valence-corrected chi connectivity index (χ2v) is 4.71. The first-order chi connectivity index (χ1) is 9.34. The number of amides is 1. The minimum atomic E-state index is 0.0257. The number of carbonyl (C=O) groups excluding carboxylic acids is 1. The summed E-state index contributed by atoms with van der Waals surface area (Å²) in [6, 6.07) is 3.81. The van der Waals surface area contributed by atoms with Crippen LogP contribution < -0.4 is 10.6 Å². The third-order valence-corrected chi connectivity index (χ3v) is 3.18. The third-order valence-electron chi connectivity index (χ3n) is 3.18. The maximum Gasteiger partial charge on any atom is 0.222 e. The van der Waals surface area contributed by atoms with Crippen molar-refractivity contribution in [2.24, 2.45) is 0 Å². The SMILES string of the molecule is O=C(CCOC1CCNCC1)NCc1cccnc1. The highest BCUT2D eigenvalue weighted by molar-refractivity contribution is 5.75. The molecular formula is C14H21N3O2. The van der Waals surface area contributed by atoms with E-state index in [9.17, 15) is 4.79 Å². The van der Waals surface area contributed by atoms with Gasteiger partial charge < -0.3 is 15.4 Å². The largest absolute Gasteiger partial charge is 0.378 e. The number of carbonyl (C=O) groups is 1. The van der Waals surface area contributed by atoms with Crippen LogP contribution in [-0.2, 0) is 16.1 Å². The van der Waals surface area contributed by atoms with Crippen molar-refractivity contribution in [1.29, 1.82) is 0 Å². The highest BCUT2D eigenvalue weighted by Crippen LogP contribution is 2.07. The van der Waals surface area contributed by atoms with Gasteiger partial charge in [0.05, 0.1) is 12.7 Å². The van der Waals surface area contributed by atoms with E-state index in [0.29, 0.717) is 25.7 Å². The van der Waals surface area contributed by atoms with Crippen molar-refractivity contribution in [3.63, 3.8) is 0 Å². The Morgan fingerprint density at radius 1 is 1.47 bits per heavy atom. The predicted molar refractivity (Wildman–Crippen MR) is 72.5 cm³/mol. The van der Waals surface area contributed by atoms with E-state index in [4.69, 9.17) is 4.74 Å². The number of aromatic nitrogens is 1. The molecular weight excluding hydrogens is 242 g/mol. The molecule has 0 aromatic carbocycles. The van der Waals surface area contributed by atoms with Crippen molar-refractivity contribution in [2.75, 3.05) is 19.7 Å². The molecule has 0 unspecified atom stereocenters. The standard InChI is InChI=1S/C14H21N3O2/c18-14(17-11-12-2-1-6-16-10-12)5-9-19-13-3-7-15-8-4-13/h1-2,6,10,13,15H,3-5,7-9,11H2,(H,17,18). The van der Waals surface area contributed by atoms with E-state index in [1.807, 2.05) is 12.1 Å². The van der Waals surface area contributed by atoms with Crippen LogP contribution in [0.15, 0.2) is 24.5 Å². The lowest BCUT2D eigenvalue weighted by molar-refractivity contribution is -0.122. The van der Waals surface area contributed by atoms with Gasteiger partial charge in [0.25, 0.3) is 0 Å². The Kier molecular flexibility index (Phi) is 5.78. The van der Waals surface area contributed by atoms with E-state index >= 15 is 0 Å². The summed E-state index contributed by atoms with van der Waals surface area (Å²) in [5.74, 6) is 0.0257. The fourth-order valence-electron chi connectivity index (χ4n) is 2.07. The van der Waals surface area contributed by atoms with Gasteiger partial charge in [-0.05, 0) is 37.6 Å². The topological polar surface area (TPSA) is 63.2 Å². The fourth-order valence-corrected chi connectivity index (χ4v) is 2.07. The molecule has 2 heterocycles. The molecule has 0 aliphatic carbocycles. The molecule has 1 saturated heterocycles. The molecule has 5 nitrogen and oxygen atoms in total. The van der Waals surface area contributed by atoms with Gasteiger partial charge in [0.2, 0.25) is 5.91 Å². The molecule has 1 aliphatic heterocycles. The molecule has 2 rings (SSSR count). The van der Waals surface area contributed by atoms with Crippen LogP contribution in [0.1, 0.15) is 24.8 Å². The zero-order valence-electron chi connectivity index (χ0n) is 11.1. The molecule has 0 bridgehead atoms. The maximum atomic E-state index is 11.6. The summed E-state index contributed by atoms with van der Waals surface area (Å²) in [5, 5.41) is 6.15. The average Bonchev–Trinajstić information content (AvgIpc) is 2.47.